The lowest BCUT2D eigenvalue weighted by atomic mass is 10.3. The van der Waals surface area contributed by atoms with Crippen molar-refractivity contribution in [3.05, 3.63) is 71.8 Å². The lowest BCUT2D eigenvalue weighted by molar-refractivity contribution is 0.0947. The van der Waals surface area contributed by atoms with Gasteiger partial charge in [-0.2, -0.15) is 9.78 Å². The minimum Gasteiger partial charge on any atom is -0.487 e. The number of hydrogen-bond acceptors (Lipinski definition) is 10. The van der Waals surface area contributed by atoms with Gasteiger partial charge in [0.25, 0.3) is 5.91 Å². The van der Waals surface area contributed by atoms with Crippen molar-refractivity contribution >= 4 is 17.9 Å². The van der Waals surface area contributed by atoms with E-state index in [1.807, 2.05) is 18.2 Å². The number of benzene rings is 1. The van der Waals surface area contributed by atoms with E-state index in [9.17, 15) is 4.79 Å². The summed E-state index contributed by atoms with van der Waals surface area (Å²) in [6.07, 6.45) is 4.69. The average molecular weight is 405 g/mol. The molecule has 150 valence electrons. The molecule has 0 atom stereocenters. The Labute approximate surface area is 169 Å². The summed E-state index contributed by atoms with van der Waals surface area (Å²) in [6, 6.07) is 12.6. The van der Waals surface area contributed by atoms with Gasteiger partial charge in [0.05, 0.1) is 6.21 Å². The number of aromatic nitrogens is 6. The molecule has 0 unspecified atom stereocenters. The standard InChI is InChI=1S/C18H15N9O3/c19-16-17(25-30-24-16)27-14(11-29-13-6-2-1-3-7-13)15(22-26-27)18(28)23-21-10-12-5-4-8-20-9-12/h1-10H,11H2,(H2,19,24)(H,23,28). The fourth-order valence-corrected chi connectivity index (χ4v) is 2.45. The number of amides is 1. The largest absolute Gasteiger partial charge is 0.487 e. The predicted molar refractivity (Wildman–Crippen MR) is 104 cm³/mol. The zero-order valence-electron chi connectivity index (χ0n) is 15.4. The maximum Gasteiger partial charge on any atom is 0.293 e. The minimum atomic E-state index is -0.594. The first kappa shape index (κ1) is 18.7. The van der Waals surface area contributed by atoms with Gasteiger partial charge in [0.2, 0.25) is 11.6 Å². The summed E-state index contributed by atoms with van der Waals surface area (Å²) >= 11 is 0. The van der Waals surface area contributed by atoms with Gasteiger partial charge >= 0.3 is 0 Å². The van der Waals surface area contributed by atoms with Crippen LogP contribution in [0.1, 0.15) is 21.7 Å². The van der Waals surface area contributed by atoms with Crippen molar-refractivity contribution < 1.29 is 14.2 Å². The van der Waals surface area contributed by atoms with Crippen LogP contribution < -0.4 is 15.9 Å². The maximum atomic E-state index is 12.6. The number of anilines is 1. The van der Waals surface area contributed by atoms with Crippen LogP contribution in [0.3, 0.4) is 0 Å². The first-order chi connectivity index (χ1) is 14.7. The van der Waals surface area contributed by atoms with Crippen molar-refractivity contribution in [2.75, 3.05) is 5.73 Å². The molecular weight excluding hydrogens is 390 g/mol. The molecule has 0 aliphatic carbocycles. The van der Waals surface area contributed by atoms with E-state index in [2.05, 4.69) is 40.8 Å². The van der Waals surface area contributed by atoms with Crippen molar-refractivity contribution in [1.29, 1.82) is 0 Å². The second kappa shape index (κ2) is 8.60. The molecule has 0 radical (unpaired) electrons. The molecule has 1 aromatic carbocycles. The number of carbonyl (C=O) groups is 1. The molecule has 0 saturated carbocycles. The summed E-state index contributed by atoms with van der Waals surface area (Å²) in [4.78, 5) is 16.6. The number of nitrogens with two attached hydrogens (primary N) is 1. The molecule has 30 heavy (non-hydrogen) atoms. The smallest absolute Gasteiger partial charge is 0.293 e. The van der Waals surface area contributed by atoms with Crippen molar-refractivity contribution in [2.45, 2.75) is 6.61 Å². The van der Waals surface area contributed by atoms with E-state index in [0.717, 1.165) is 5.56 Å². The van der Waals surface area contributed by atoms with Gasteiger partial charge < -0.3 is 10.5 Å². The molecule has 0 spiro atoms. The summed E-state index contributed by atoms with van der Waals surface area (Å²) in [5.74, 6) is 0.0787. The molecule has 4 rings (SSSR count). The van der Waals surface area contributed by atoms with Crippen LogP contribution in [0.5, 0.6) is 5.75 Å². The van der Waals surface area contributed by atoms with E-state index >= 15 is 0 Å². The van der Waals surface area contributed by atoms with Gasteiger partial charge in [0.1, 0.15) is 18.1 Å². The summed E-state index contributed by atoms with van der Waals surface area (Å²) in [7, 11) is 0. The Morgan fingerprint density at radius 1 is 1.23 bits per heavy atom. The van der Waals surface area contributed by atoms with Crippen LogP contribution in [-0.4, -0.2) is 42.4 Å². The third kappa shape index (κ3) is 4.11. The van der Waals surface area contributed by atoms with Crippen LogP contribution in [0, 0.1) is 0 Å². The molecular formula is C18H15N9O3. The molecule has 0 fully saturated rings. The second-order valence-corrected chi connectivity index (χ2v) is 5.86. The Morgan fingerprint density at radius 3 is 2.83 bits per heavy atom. The summed E-state index contributed by atoms with van der Waals surface area (Å²) < 4.78 is 11.6. The molecule has 0 saturated heterocycles. The van der Waals surface area contributed by atoms with Crippen LogP contribution in [0.2, 0.25) is 0 Å². The second-order valence-electron chi connectivity index (χ2n) is 5.86. The van der Waals surface area contributed by atoms with Crippen LogP contribution in [0.25, 0.3) is 5.82 Å². The Kier molecular flexibility index (Phi) is 5.37. The molecule has 12 heteroatoms. The van der Waals surface area contributed by atoms with Crippen LogP contribution in [0.15, 0.2) is 64.6 Å². The number of hydrogen-bond donors (Lipinski definition) is 2. The zero-order valence-corrected chi connectivity index (χ0v) is 15.4. The number of pyridine rings is 1. The van der Waals surface area contributed by atoms with Gasteiger partial charge in [-0.15, -0.1) is 5.10 Å². The van der Waals surface area contributed by atoms with Gasteiger partial charge in [0, 0.05) is 18.0 Å². The Morgan fingerprint density at radius 2 is 2.10 bits per heavy atom. The van der Waals surface area contributed by atoms with E-state index in [0.29, 0.717) is 5.75 Å². The summed E-state index contributed by atoms with van der Waals surface area (Å²) in [5.41, 5.74) is 9.14. The SMILES string of the molecule is Nc1nonc1-n1nnc(C(=O)NN=Cc2cccnc2)c1COc1ccccc1. The number of rotatable bonds is 7. The fraction of sp³-hybridized carbons (Fsp3) is 0.0556. The number of nitrogens with zero attached hydrogens (tertiary/aromatic N) is 7. The molecule has 0 aliphatic heterocycles. The summed E-state index contributed by atoms with van der Waals surface area (Å²) in [6.45, 7) is -0.0433. The van der Waals surface area contributed by atoms with E-state index < -0.39 is 5.91 Å². The number of hydrazone groups is 1. The van der Waals surface area contributed by atoms with E-state index in [1.54, 1.807) is 36.7 Å². The fourth-order valence-electron chi connectivity index (χ4n) is 2.45. The predicted octanol–water partition coefficient (Wildman–Crippen LogP) is 0.970. The highest BCUT2D eigenvalue weighted by atomic mass is 16.6. The molecule has 3 aromatic heterocycles. The van der Waals surface area contributed by atoms with Gasteiger partial charge in [0.15, 0.2) is 5.69 Å². The third-order valence-electron chi connectivity index (χ3n) is 3.86. The van der Waals surface area contributed by atoms with Gasteiger partial charge in [-0.3, -0.25) is 9.78 Å². The number of ether oxygens (including phenoxy) is 1. The molecule has 0 bridgehead atoms. The topological polar surface area (TPSA) is 159 Å². The van der Waals surface area contributed by atoms with Gasteiger partial charge in [-0.25, -0.2) is 10.1 Å². The number of carbonyl (C=O) groups excluding carboxylic acids is 1. The number of nitrogens with one attached hydrogen (secondary N) is 1. The van der Waals surface area contributed by atoms with Gasteiger partial charge in [-0.1, -0.05) is 29.5 Å². The monoisotopic (exact) mass is 405 g/mol. The van der Waals surface area contributed by atoms with Crippen molar-refractivity contribution in [3.8, 4) is 11.6 Å². The van der Waals surface area contributed by atoms with Crippen molar-refractivity contribution in [1.82, 2.24) is 35.7 Å². The van der Waals surface area contributed by atoms with Crippen LogP contribution in [0.4, 0.5) is 5.82 Å². The van der Waals surface area contributed by atoms with Crippen LogP contribution in [-0.2, 0) is 6.61 Å². The molecule has 3 heterocycles. The van der Waals surface area contributed by atoms with Crippen LogP contribution >= 0.6 is 0 Å². The molecule has 1 amide bonds. The Bertz CT molecular complexity index is 1160. The lowest BCUT2D eigenvalue weighted by Crippen LogP contribution is -2.21. The van der Waals surface area contributed by atoms with Crippen molar-refractivity contribution in [3.63, 3.8) is 0 Å². The first-order valence-electron chi connectivity index (χ1n) is 8.66. The molecule has 12 nitrogen and oxygen atoms in total. The zero-order chi connectivity index (χ0) is 20.8. The van der Waals surface area contributed by atoms with E-state index in [-0.39, 0.29) is 29.6 Å². The molecule has 0 aliphatic rings. The highest BCUT2D eigenvalue weighted by molar-refractivity contribution is 5.94. The highest BCUT2D eigenvalue weighted by Gasteiger charge is 2.24. The Balaban J connectivity index is 1.58. The summed E-state index contributed by atoms with van der Waals surface area (Å²) in [5, 5.41) is 19.0. The first-order valence-corrected chi connectivity index (χ1v) is 8.66. The molecule has 4 aromatic rings. The van der Waals surface area contributed by atoms with Crippen molar-refractivity contribution in [2.24, 2.45) is 5.10 Å². The van der Waals surface area contributed by atoms with E-state index in [1.165, 1.54) is 10.9 Å². The maximum absolute atomic E-state index is 12.6. The molecule has 3 N–H and O–H groups in total. The minimum absolute atomic E-state index is 0.0117. The highest BCUT2D eigenvalue weighted by Crippen LogP contribution is 2.18. The lowest BCUT2D eigenvalue weighted by Gasteiger charge is -2.08. The van der Waals surface area contributed by atoms with E-state index in [4.69, 9.17) is 10.5 Å². The number of para-hydroxylation sites is 1. The van der Waals surface area contributed by atoms with Gasteiger partial charge in [-0.05, 0) is 28.5 Å². The normalized spacial score (nSPS) is 10.9. The third-order valence-corrected chi connectivity index (χ3v) is 3.86. The average Bonchev–Trinajstić information content (AvgIpc) is 3.39. The quantitative estimate of drug-likeness (QED) is 0.337. The number of nitrogen functional groups attached to an aromatic ring is 1. The Hall–Kier alpha value is -4.61.